The van der Waals surface area contributed by atoms with Crippen molar-refractivity contribution in [1.29, 1.82) is 0 Å². The zero-order valence-electron chi connectivity index (χ0n) is 13.4. The molecule has 1 aromatic rings. The summed E-state index contributed by atoms with van der Waals surface area (Å²) in [6, 6.07) is 5.16. The van der Waals surface area contributed by atoms with Gasteiger partial charge in [0.25, 0.3) is 0 Å². The SMILES string of the molecule is CCCCc1cccc(C)c1S(=O)(=O)[O-].C[N+](C)(C)C. The van der Waals surface area contributed by atoms with Crippen LogP contribution >= 0.6 is 0 Å². The average molecular weight is 301 g/mol. The number of rotatable bonds is 4. The maximum atomic E-state index is 11.1. The lowest BCUT2D eigenvalue weighted by Gasteiger charge is -2.15. The number of aryl methyl sites for hydroxylation is 2. The summed E-state index contributed by atoms with van der Waals surface area (Å²) in [5.41, 5.74) is 1.19. The fraction of sp³-hybridized carbons (Fsp3) is 0.600. The Morgan fingerprint density at radius 2 is 1.65 bits per heavy atom. The summed E-state index contributed by atoms with van der Waals surface area (Å²) < 4.78 is 34.2. The molecule has 0 N–H and O–H groups in total. The summed E-state index contributed by atoms with van der Waals surface area (Å²) in [7, 11) is 4.16. The van der Waals surface area contributed by atoms with E-state index in [4.69, 9.17) is 0 Å². The van der Waals surface area contributed by atoms with Crippen LogP contribution in [0.2, 0.25) is 0 Å². The highest BCUT2D eigenvalue weighted by Gasteiger charge is 2.10. The lowest BCUT2D eigenvalue weighted by molar-refractivity contribution is -0.849. The number of hydrogen-bond acceptors (Lipinski definition) is 3. The molecule has 1 aromatic carbocycles. The van der Waals surface area contributed by atoms with Crippen molar-refractivity contribution in [3.05, 3.63) is 29.3 Å². The Hall–Kier alpha value is -0.910. The first-order chi connectivity index (χ1) is 8.96. The summed E-state index contributed by atoms with van der Waals surface area (Å²) >= 11 is 0. The van der Waals surface area contributed by atoms with E-state index in [1.165, 1.54) is 0 Å². The fourth-order valence-corrected chi connectivity index (χ4v) is 2.59. The third-order valence-corrected chi connectivity index (χ3v) is 3.43. The molecule has 1 rings (SSSR count). The Kier molecular flexibility index (Phi) is 7.41. The van der Waals surface area contributed by atoms with Crippen LogP contribution in [0.3, 0.4) is 0 Å². The van der Waals surface area contributed by atoms with Crippen LogP contribution in [0, 0.1) is 6.92 Å². The largest absolute Gasteiger partial charge is 0.744 e. The average Bonchev–Trinajstić information content (AvgIpc) is 2.22. The van der Waals surface area contributed by atoms with Gasteiger partial charge in [0.15, 0.2) is 0 Å². The minimum atomic E-state index is -4.34. The summed E-state index contributed by atoms with van der Waals surface area (Å²) in [4.78, 5) is -0.0292. The van der Waals surface area contributed by atoms with Crippen LogP contribution in [0.5, 0.6) is 0 Å². The molecule has 0 radical (unpaired) electrons. The van der Waals surface area contributed by atoms with Crippen molar-refractivity contribution in [2.45, 2.75) is 38.0 Å². The predicted molar refractivity (Wildman–Crippen MR) is 81.7 cm³/mol. The molecule has 0 atom stereocenters. The van der Waals surface area contributed by atoms with Crippen LogP contribution in [0.25, 0.3) is 0 Å². The zero-order valence-corrected chi connectivity index (χ0v) is 14.3. The van der Waals surface area contributed by atoms with Gasteiger partial charge in [-0.2, -0.15) is 0 Å². The summed E-state index contributed by atoms with van der Waals surface area (Å²) in [6.07, 6.45) is 2.52. The first-order valence-electron chi connectivity index (χ1n) is 6.80. The standard InChI is InChI=1S/C11H16O3S.C4H12N/c1-3-4-7-10-8-5-6-9(2)11(10)15(12,13)14;1-5(2,3)4/h5-6,8H,3-4,7H2,1-2H3,(H,12,13,14);1-4H3/q;+1/p-1. The van der Waals surface area contributed by atoms with Gasteiger partial charge in [0.05, 0.1) is 33.1 Å². The van der Waals surface area contributed by atoms with E-state index >= 15 is 0 Å². The van der Waals surface area contributed by atoms with Crippen LogP contribution in [0.15, 0.2) is 23.1 Å². The first-order valence-corrected chi connectivity index (χ1v) is 8.21. The molecule has 0 aliphatic heterocycles. The molecule has 0 aliphatic rings. The highest BCUT2D eigenvalue weighted by atomic mass is 32.2. The Bertz CT molecular complexity index is 510. The van der Waals surface area contributed by atoms with Gasteiger partial charge in [-0.3, -0.25) is 0 Å². The number of hydrogen-bond donors (Lipinski definition) is 0. The second-order valence-electron chi connectivity index (χ2n) is 6.30. The van der Waals surface area contributed by atoms with Gasteiger partial charge in [0.1, 0.15) is 10.1 Å². The van der Waals surface area contributed by atoms with Crippen LogP contribution in [-0.2, 0) is 16.5 Å². The lowest BCUT2D eigenvalue weighted by atomic mass is 10.1. The van der Waals surface area contributed by atoms with Gasteiger partial charge in [0, 0.05) is 0 Å². The van der Waals surface area contributed by atoms with Crippen molar-refractivity contribution >= 4 is 10.1 Å². The number of quaternary nitrogens is 1. The molecule has 0 saturated heterocycles. The van der Waals surface area contributed by atoms with Gasteiger partial charge in [0.2, 0.25) is 0 Å². The highest BCUT2D eigenvalue weighted by molar-refractivity contribution is 7.85. The van der Waals surface area contributed by atoms with Gasteiger partial charge in [-0.15, -0.1) is 0 Å². The van der Waals surface area contributed by atoms with Crippen LogP contribution < -0.4 is 0 Å². The van der Waals surface area contributed by atoms with Crippen molar-refractivity contribution in [2.75, 3.05) is 28.2 Å². The highest BCUT2D eigenvalue weighted by Crippen LogP contribution is 2.21. The predicted octanol–water partition coefficient (Wildman–Crippen LogP) is 2.56. The van der Waals surface area contributed by atoms with E-state index in [0.29, 0.717) is 17.5 Å². The first kappa shape index (κ1) is 19.1. The number of unbranched alkanes of at least 4 members (excludes halogenated alkanes) is 1. The van der Waals surface area contributed by atoms with Crippen molar-refractivity contribution in [2.24, 2.45) is 0 Å². The Balaban J connectivity index is 0.000000621. The minimum absolute atomic E-state index is 0.0292. The molecule has 0 aromatic heterocycles. The maximum Gasteiger partial charge on any atom is 0.124 e. The monoisotopic (exact) mass is 301 g/mol. The van der Waals surface area contributed by atoms with E-state index in [2.05, 4.69) is 28.2 Å². The van der Waals surface area contributed by atoms with E-state index in [0.717, 1.165) is 17.3 Å². The van der Waals surface area contributed by atoms with Gasteiger partial charge >= 0.3 is 0 Å². The topological polar surface area (TPSA) is 57.2 Å². The molecule has 4 nitrogen and oxygen atoms in total. The molecule has 0 bridgehead atoms. The lowest BCUT2D eigenvalue weighted by Crippen LogP contribution is -2.27. The normalized spacial score (nSPS) is 11.8. The quantitative estimate of drug-likeness (QED) is 0.634. The van der Waals surface area contributed by atoms with Crippen molar-refractivity contribution in [3.63, 3.8) is 0 Å². The number of benzene rings is 1. The van der Waals surface area contributed by atoms with Gasteiger partial charge in [-0.05, 0) is 30.9 Å². The Morgan fingerprint density at radius 3 is 2.05 bits per heavy atom. The Labute approximate surface area is 123 Å². The van der Waals surface area contributed by atoms with Gasteiger partial charge in [-0.1, -0.05) is 31.5 Å². The second kappa shape index (κ2) is 7.76. The van der Waals surface area contributed by atoms with Crippen molar-refractivity contribution in [1.82, 2.24) is 0 Å². The third kappa shape index (κ3) is 8.30. The maximum absolute atomic E-state index is 11.1. The van der Waals surface area contributed by atoms with Crippen LogP contribution in [-0.4, -0.2) is 45.6 Å². The molecule has 20 heavy (non-hydrogen) atoms. The van der Waals surface area contributed by atoms with Crippen LogP contribution in [0.1, 0.15) is 30.9 Å². The van der Waals surface area contributed by atoms with Crippen LogP contribution in [0.4, 0.5) is 0 Å². The fourth-order valence-electron chi connectivity index (χ4n) is 1.64. The molecule has 0 amide bonds. The second-order valence-corrected chi connectivity index (χ2v) is 7.62. The molecule has 116 valence electrons. The molecule has 0 spiro atoms. The molecular weight excluding hydrogens is 274 g/mol. The van der Waals surface area contributed by atoms with E-state index < -0.39 is 10.1 Å². The molecular formula is C15H27NO3S. The van der Waals surface area contributed by atoms with E-state index in [1.807, 2.05) is 6.92 Å². The van der Waals surface area contributed by atoms with Gasteiger partial charge in [-0.25, -0.2) is 8.42 Å². The summed E-state index contributed by atoms with van der Waals surface area (Å²) in [6.45, 7) is 3.68. The molecule has 0 unspecified atom stereocenters. The van der Waals surface area contributed by atoms with Crippen molar-refractivity contribution < 1.29 is 17.5 Å². The summed E-state index contributed by atoms with van der Waals surface area (Å²) in [5.74, 6) is 0. The molecule has 0 fully saturated rings. The van der Waals surface area contributed by atoms with Gasteiger partial charge < -0.3 is 9.04 Å². The molecule has 5 heteroatoms. The molecule has 0 saturated carbocycles. The summed E-state index contributed by atoms with van der Waals surface area (Å²) in [5, 5.41) is 0. The zero-order chi connectivity index (χ0) is 16.0. The minimum Gasteiger partial charge on any atom is -0.744 e. The van der Waals surface area contributed by atoms with E-state index in [-0.39, 0.29) is 4.90 Å². The van der Waals surface area contributed by atoms with E-state index in [9.17, 15) is 13.0 Å². The third-order valence-electron chi connectivity index (χ3n) is 2.34. The molecule has 0 aliphatic carbocycles. The Morgan fingerprint density at radius 1 is 1.15 bits per heavy atom. The smallest absolute Gasteiger partial charge is 0.124 e. The van der Waals surface area contributed by atoms with E-state index in [1.54, 1.807) is 25.1 Å². The van der Waals surface area contributed by atoms with Crippen molar-refractivity contribution in [3.8, 4) is 0 Å². The number of nitrogens with zero attached hydrogens (tertiary/aromatic N) is 1. The molecule has 0 heterocycles.